The van der Waals surface area contributed by atoms with Gasteiger partial charge in [-0.3, -0.25) is 0 Å². The van der Waals surface area contributed by atoms with Crippen LogP contribution in [-0.2, 0) is 0 Å². The number of carbonyl (C=O) groups is 1. The van der Waals surface area contributed by atoms with E-state index in [1.807, 2.05) is 18.2 Å². The van der Waals surface area contributed by atoms with Gasteiger partial charge in [-0.15, -0.1) is 0 Å². The molecule has 0 amide bonds. The van der Waals surface area contributed by atoms with Gasteiger partial charge in [-0.1, -0.05) is 18.2 Å². The Kier molecular flexibility index (Phi) is 4.25. The molecule has 0 fully saturated rings. The highest BCUT2D eigenvalue weighted by atomic mass is 16.5. The Hall–Kier alpha value is -3.27. The van der Waals surface area contributed by atoms with Gasteiger partial charge in [0.05, 0.1) is 5.56 Å². The smallest absolute Gasteiger partial charge is 0.343 e. The molecule has 114 valence electrons. The van der Waals surface area contributed by atoms with Gasteiger partial charge in [0.2, 0.25) is 0 Å². The first-order valence-corrected chi connectivity index (χ1v) is 7.11. The Bertz CT molecular complexity index is 781. The third-order valence-corrected chi connectivity index (χ3v) is 3.16. The van der Waals surface area contributed by atoms with Crippen LogP contribution in [0.25, 0.3) is 0 Å². The zero-order chi connectivity index (χ0) is 16.1. The number of esters is 1. The normalized spacial score (nSPS) is 10.1. The van der Waals surface area contributed by atoms with Gasteiger partial charge in [0.25, 0.3) is 0 Å². The van der Waals surface area contributed by atoms with Gasteiger partial charge in [-0.25, -0.2) is 4.79 Å². The first-order chi connectivity index (χ1) is 11.2. The Morgan fingerprint density at radius 3 is 1.87 bits per heavy atom. The summed E-state index contributed by atoms with van der Waals surface area (Å²) >= 11 is 0. The van der Waals surface area contributed by atoms with Crippen LogP contribution in [0.15, 0.2) is 78.9 Å². The summed E-state index contributed by atoms with van der Waals surface area (Å²) in [6.07, 6.45) is 0. The minimum atomic E-state index is -0.407. The number of benzene rings is 3. The molecule has 3 rings (SSSR count). The SMILES string of the molecule is Nc1ccc(Oc2ccc(C(=O)Oc3ccccc3)cc2)cc1. The molecular formula is C19H15NO3. The maximum atomic E-state index is 12.0. The average Bonchev–Trinajstić information content (AvgIpc) is 2.58. The molecule has 3 aromatic rings. The quantitative estimate of drug-likeness (QED) is 0.444. The highest BCUT2D eigenvalue weighted by Crippen LogP contribution is 2.23. The van der Waals surface area contributed by atoms with Crippen molar-refractivity contribution in [3.63, 3.8) is 0 Å². The van der Waals surface area contributed by atoms with Crippen molar-refractivity contribution in [1.29, 1.82) is 0 Å². The summed E-state index contributed by atoms with van der Waals surface area (Å²) in [5.41, 5.74) is 6.76. The summed E-state index contributed by atoms with van der Waals surface area (Å²) < 4.78 is 11.0. The maximum Gasteiger partial charge on any atom is 0.343 e. The Morgan fingerprint density at radius 1 is 0.696 bits per heavy atom. The summed E-state index contributed by atoms with van der Waals surface area (Å²) in [7, 11) is 0. The van der Waals surface area contributed by atoms with Crippen LogP contribution >= 0.6 is 0 Å². The molecule has 0 saturated heterocycles. The van der Waals surface area contributed by atoms with E-state index in [9.17, 15) is 4.79 Å². The fourth-order valence-corrected chi connectivity index (χ4v) is 1.99. The molecule has 4 heteroatoms. The van der Waals surface area contributed by atoms with Gasteiger partial charge in [-0.2, -0.15) is 0 Å². The van der Waals surface area contributed by atoms with E-state index < -0.39 is 5.97 Å². The number of ether oxygens (including phenoxy) is 2. The Morgan fingerprint density at radius 2 is 1.26 bits per heavy atom. The fourth-order valence-electron chi connectivity index (χ4n) is 1.99. The molecule has 0 aromatic heterocycles. The van der Waals surface area contributed by atoms with E-state index >= 15 is 0 Å². The molecule has 0 spiro atoms. The summed E-state index contributed by atoms with van der Waals surface area (Å²) in [5.74, 6) is 1.42. The topological polar surface area (TPSA) is 61.5 Å². The third kappa shape index (κ3) is 3.89. The van der Waals surface area contributed by atoms with Crippen molar-refractivity contribution in [2.45, 2.75) is 0 Å². The lowest BCUT2D eigenvalue weighted by molar-refractivity contribution is 0.0735. The molecule has 0 unspecified atom stereocenters. The third-order valence-electron chi connectivity index (χ3n) is 3.16. The van der Waals surface area contributed by atoms with E-state index in [0.29, 0.717) is 28.5 Å². The minimum absolute atomic E-state index is 0.407. The second-order valence-corrected chi connectivity index (χ2v) is 4.90. The van der Waals surface area contributed by atoms with Crippen molar-refractivity contribution in [2.24, 2.45) is 0 Å². The standard InChI is InChI=1S/C19H15NO3/c20-15-8-12-18(13-9-15)22-17-10-6-14(7-11-17)19(21)23-16-4-2-1-3-5-16/h1-13H,20H2. The van der Waals surface area contributed by atoms with E-state index in [2.05, 4.69) is 0 Å². The first kappa shape index (κ1) is 14.7. The van der Waals surface area contributed by atoms with Crippen LogP contribution < -0.4 is 15.2 Å². The number of rotatable bonds is 4. The van der Waals surface area contributed by atoms with E-state index in [4.69, 9.17) is 15.2 Å². The lowest BCUT2D eigenvalue weighted by Crippen LogP contribution is -2.08. The largest absolute Gasteiger partial charge is 0.457 e. The molecule has 0 aliphatic rings. The van der Waals surface area contributed by atoms with Gasteiger partial charge in [0.1, 0.15) is 17.2 Å². The number of nitrogens with two attached hydrogens (primary N) is 1. The van der Waals surface area contributed by atoms with Crippen LogP contribution in [-0.4, -0.2) is 5.97 Å². The molecule has 0 aliphatic carbocycles. The molecule has 2 N–H and O–H groups in total. The van der Waals surface area contributed by atoms with Crippen molar-refractivity contribution in [2.75, 3.05) is 5.73 Å². The van der Waals surface area contributed by atoms with E-state index in [0.717, 1.165) is 0 Å². The van der Waals surface area contributed by atoms with Crippen LogP contribution in [0.1, 0.15) is 10.4 Å². The summed E-state index contributed by atoms with van der Waals surface area (Å²) in [4.78, 5) is 12.0. The number of carbonyl (C=O) groups excluding carboxylic acids is 1. The van der Waals surface area contributed by atoms with Crippen molar-refractivity contribution in [3.05, 3.63) is 84.4 Å². The molecule has 3 aromatic carbocycles. The van der Waals surface area contributed by atoms with E-state index in [1.165, 1.54) is 0 Å². The highest BCUT2D eigenvalue weighted by molar-refractivity contribution is 5.91. The van der Waals surface area contributed by atoms with Gasteiger partial charge in [0.15, 0.2) is 0 Å². The van der Waals surface area contributed by atoms with Gasteiger partial charge < -0.3 is 15.2 Å². The minimum Gasteiger partial charge on any atom is -0.457 e. The molecule has 0 heterocycles. The predicted molar refractivity (Wildman–Crippen MR) is 88.8 cm³/mol. The first-order valence-electron chi connectivity index (χ1n) is 7.11. The maximum absolute atomic E-state index is 12.0. The second kappa shape index (κ2) is 6.66. The van der Waals surface area contributed by atoms with Crippen LogP contribution in [0.4, 0.5) is 5.69 Å². The van der Waals surface area contributed by atoms with Crippen molar-refractivity contribution >= 4 is 11.7 Å². The van der Waals surface area contributed by atoms with Crippen molar-refractivity contribution < 1.29 is 14.3 Å². The number of anilines is 1. The second-order valence-electron chi connectivity index (χ2n) is 4.90. The number of para-hydroxylation sites is 1. The van der Waals surface area contributed by atoms with Crippen LogP contribution in [0.2, 0.25) is 0 Å². The Balaban J connectivity index is 1.66. The lowest BCUT2D eigenvalue weighted by Gasteiger charge is -2.07. The summed E-state index contributed by atoms with van der Waals surface area (Å²) in [6, 6.07) is 22.8. The van der Waals surface area contributed by atoms with Crippen molar-refractivity contribution in [3.8, 4) is 17.2 Å². The number of hydrogen-bond acceptors (Lipinski definition) is 4. The monoisotopic (exact) mass is 305 g/mol. The summed E-state index contributed by atoms with van der Waals surface area (Å²) in [6.45, 7) is 0. The zero-order valence-electron chi connectivity index (χ0n) is 12.3. The molecule has 0 atom stereocenters. The molecule has 0 radical (unpaired) electrons. The van der Waals surface area contributed by atoms with E-state index in [1.54, 1.807) is 60.7 Å². The van der Waals surface area contributed by atoms with Crippen LogP contribution in [0, 0.1) is 0 Å². The lowest BCUT2D eigenvalue weighted by atomic mass is 10.2. The fraction of sp³-hybridized carbons (Fsp3) is 0. The van der Waals surface area contributed by atoms with Crippen molar-refractivity contribution in [1.82, 2.24) is 0 Å². The molecule has 0 saturated carbocycles. The zero-order valence-corrected chi connectivity index (χ0v) is 12.3. The molecule has 23 heavy (non-hydrogen) atoms. The number of nitrogen functional groups attached to an aromatic ring is 1. The predicted octanol–water partition coefficient (Wildman–Crippen LogP) is 4.28. The highest BCUT2D eigenvalue weighted by Gasteiger charge is 2.08. The van der Waals surface area contributed by atoms with Crippen LogP contribution in [0.3, 0.4) is 0 Å². The van der Waals surface area contributed by atoms with Crippen LogP contribution in [0.5, 0.6) is 17.2 Å². The van der Waals surface area contributed by atoms with Gasteiger partial charge in [0, 0.05) is 5.69 Å². The summed E-state index contributed by atoms with van der Waals surface area (Å²) in [5, 5.41) is 0. The van der Waals surface area contributed by atoms with E-state index in [-0.39, 0.29) is 0 Å². The molecular weight excluding hydrogens is 290 g/mol. The Labute approximate surface area is 134 Å². The molecule has 0 aliphatic heterocycles. The van der Waals surface area contributed by atoms with Gasteiger partial charge >= 0.3 is 5.97 Å². The molecule has 0 bridgehead atoms. The number of hydrogen-bond donors (Lipinski definition) is 1. The van der Waals surface area contributed by atoms with Gasteiger partial charge in [-0.05, 0) is 60.7 Å². The average molecular weight is 305 g/mol. The molecule has 4 nitrogen and oxygen atoms in total.